The predicted molar refractivity (Wildman–Crippen MR) is 85.0 cm³/mol. The minimum Gasteiger partial charge on any atom is -0.480 e. The molecule has 5 heteroatoms. The Morgan fingerprint density at radius 2 is 1.95 bits per heavy atom. The van der Waals surface area contributed by atoms with Gasteiger partial charge in [-0.3, -0.25) is 4.79 Å². The van der Waals surface area contributed by atoms with E-state index >= 15 is 0 Å². The summed E-state index contributed by atoms with van der Waals surface area (Å²) < 4.78 is 0. The van der Waals surface area contributed by atoms with Gasteiger partial charge in [0.2, 0.25) is 5.91 Å². The van der Waals surface area contributed by atoms with Crippen molar-refractivity contribution in [3.05, 3.63) is 23.3 Å². The van der Waals surface area contributed by atoms with E-state index in [1.165, 1.54) is 11.6 Å². The van der Waals surface area contributed by atoms with Gasteiger partial charge in [-0.25, -0.2) is 4.79 Å². The van der Waals surface area contributed by atoms with Gasteiger partial charge < -0.3 is 10.4 Å². The summed E-state index contributed by atoms with van der Waals surface area (Å²) in [5.41, 5.74) is 2.21. The molecule has 0 radical (unpaired) electrons. The molecule has 0 heterocycles. The molecule has 4 nitrogen and oxygen atoms in total. The Bertz CT molecular complexity index is 385. The second kappa shape index (κ2) is 10.5. The Balaban J connectivity index is 4.35. The second-order valence-corrected chi connectivity index (χ2v) is 5.98. The standard InChI is InChI=1S/C15H25NO3S/c1-11(2)6-5-7-12(3)10-14(17)16-13(15(18)19)8-9-20-4/h6,10,13H,5,7-9H2,1-4H3,(H,16,17)(H,18,19)/t13-/m0/s1. The van der Waals surface area contributed by atoms with Crippen LogP contribution < -0.4 is 5.32 Å². The van der Waals surface area contributed by atoms with Crippen molar-refractivity contribution in [1.29, 1.82) is 0 Å². The van der Waals surface area contributed by atoms with E-state index in [4.69, 9.17) is 5.11 Å². The molecular weight excluding hydrogens is 274 g/mol. The van der Waals surface area contributed by atoms with E-state index in [2.05, 4.69) is 11.4 Å². The van der Waals surface area contributed by atoms with Gasteiger partial charge in [0.1, 0.15) is 6.04 Å². The van der Waals surface area contributed by atoms with Gasteiger partial charge in [-0.15, -0.1) is 0 Å². The summed E-state index contributed by atoms with van der Waals surface area (Å²) >= 11 is 1.57. The van der Waals surface area contributed by atoms with Crippen molar-refractivity contribution in [3.63, 3.8) is 0 Å². The lowest BCUT2D eigenvalue weighted by molar-refractivity contribution is -0.141. The number of carbonyl (C=O) groups excluding carboxylic acids is 1. The number of thioether (sulfide) groups is 1. The van der Waals surface area contributed by atoms with Crippen LogP contribution in [0.4, 0.5) is 0 Å². The van der Waals surface area contributed by atoms with E-state index in [-0.39, 0.29) is 5.91 Å². The molecule has 0 aromatic carbocycles. The van der Waals surface area contributed by atoms with E-state index in [0.717, 1.165) is 18.4 Å². The number of hydrogen-bond donors (Lipinski definition) is 2. The van der Waals surface area contributed by atoms with Crippen LogP contribution in [0.3, 0.4) is 0 Å². The normalized spacial score (nSPS) is 12.7. The zero-order valence-electron chi connectivity index (χ0n) is 12.7. The van der Waals surface area contributed by atoms with Crippen molar-refractivity contribution in [2.24, 2.45) is 0 Å². The number of aliphatic carboxylic acids is 1. The van der Waals surface area contributed by atoms with E-state index in [1.807, 2.05) is 27.0 Å². The Morgan fingerprint density at radius 1 is 1.30 bits per heavy atom. The summed E-state index contributed by atoms with van der Waals surface area (Å²) in [7, 11) is 0. The number of carboxylic acids is 1. The first-order valence-corrected chi connectivity index (χ1v) is 8.09. The molecule has 0 aromatic rings. The number of carboxylic acid groups (broad SMARTS) is 1. The SMILES string of the molecule is CSCC[C@H](NC(=O)C=C(C)CCC=C(C)C)C(=O)O. The van der Waals surface area contributed by atoms with Crippen LogP contribution in [0, 0.1) is 0 Å². The fourth-order valence-electron chi connectivity index (χ4n) is 1.59. The highest BCUT2D eigenvalue weighted by molar-refractivity contribution is 7.98. The highest BCUT2D eigenvalue weighted by Crippen LogP contribution is 2.07. The number of allylic oxidation sites excluding steroid dienone is 3. The lowest BCUT2D eigenvalue weighted by Gasteiger charge is -2.12. The third-order valence-corrected chi connectivity index (χ3v) is 3.34. The first kappa shape index (κ1) is 18.8. The van der Waals surface area contributed by atoms with Crippen LogP contribution >= 0.6 is 11.8 Å². The highest BCUT2D eigenvalue weighted by atomic mass is 32.2. The molecular formula is C15H25NO3S. The third kappa shape index (κ3) is 9.67. The van der Waals surface area contributed by atoms with Gasteiger partial charge in [0.15, 0.2) is 0 Å². The Hall–Kier alpha value is -1.23. The molecule has 0 aromatic heterocycles. The molecule has 0 aliphatic carbocycles. The molecule has 0 unspecified atom stereocenters. The summed E-state index contributed by atoms with van der Waals surface area (Å²) in [6, 6.07) is -0.809. The lowest BCUT2D eigenvalue weighted by atomic mass is 10.1. The van der Waals surface area contributed by atoms with Crippen molar-refractivity contribution in [2.45, 2.75) is 46.1 Å². The van der Waals surface area contributed by atoms with Crippen LogP contribution in [-0.4, -0.2) is 35.0 Å². The summed E-state index contributed by atoms with van der Waals surface area (Å²) in [4.78, 5) is 22.8. The zero-order chi connectivity index (χ0) is 15.5. The Labute approximate surface area is 125 Å². The Morgan fingerprint density at radius 3 is 2.45 bits per heavy atom. The van der Waals surface area contributed by atoms with Gasteiger partial charge in [0.25, 0.3) is 0 Å². The van der Waals surface area contributed by atoms with E-state index in [1.54, 1.807) is 11.8 Å². The molecule has 1 atom stereocenters. The van der Waals surface area contributed by atoms with Gasteiger partial charge in [0, 0.05) is 6.08 Å². The molecule has 0 spiro atoms. The molecule has 0 saturated carbocycles. The summed E-state index contributed by atoms with van der Waals surface area (Å²) in [6.07, 6.45) is 7.66. The van der Waals surface area contributed by atoms with Gasteiger partial charge in [-0.05, 0) is 52.0 Å². The van der Waals surface area contributed by atoms with Gasteiger partial charge in [-0.1, -0.05) is 17.2 Å². The minimum atomic E-state index is -0.983. The van der Waals surface area contributed by atoms with Gasteiger partial charge in [0.05, 0.1) is 0 Å². The lowest BCUT2D eigenvalue weighted by Crippen LogP contribution is -2.40. The van der Waals surface area contributed by atoms with Crippen LogP contribution in [0.2, 0.25) is 0 Å². The zero-order valence-corrected chi connectivity index (χ0v) is 13.5. The molecule has 0 bridgehead atoms. The Kier molecular flexibility index (Phi) is 9.90. The van der Waals surface area contributed by atoms with Crippen molar-refractivity contribution >= 4 is 23.6 Å². The number of hydrogen-bond acceptors (Lipinski definition) is 3. The number of rotatable bonds is 9. The fraction of sp³-hybridized carbons (Fsp3) is 0.600. The molecule has 0 aliphatic heterocycles. The van der Waals surface area contributed by atoms with Crippen LogP contribution in [0.1, 0.15) is 40.0 Å². The van der Waals surface area contributed by atoms with E-state index in [0.29, 0.717) is 12.2 Å². The average molecular weight is 299 g/mol. The third-order valence-electron chi connectivity index (χ3n) is 2.69. The fourth-order valence-corrected chi connectivity index (χ4v) is 2.06. The van der Waals surface area contributed by atoms with Crippen molar-refractivity contribution in [3.8, 4) is 0 Å². The van der Waals surface area contributed by atoms with Crippen LogP contribution in [0.15, 0.2) is 23.3 Å². The van der Waals surface area contributed by atoms with E-state index < -0.39 is 12.0 Å². The first-order chi connectivity index (χ1) is 9.36. The smallest absolute Gasteiger partial charge is 0.326 e. The first-order valence-electron chi connectivity index (χ1n) is 6.69. The molecule has 0 fully saturated rings. The van der Waals surface area contributed by atoms with Crippen LogP contribution in [0.5, 0.6) is 0 Å². The maximum Gasteiger partial charge on any atom is 0.326 e. The maximum absolute atomic E-state index is 11.8. The van der Waals surface area contributed by atoms with Gasteiger partial charge >= 0.3 is 5.97 Å². The number of amides is 1. The average Bonchev–Trinajstić information content (AvgIpc) is 2.33. The van der Waals surface area contributed by atoms with Crippen molar-refractivity contribution < 1.29 is 14.7 Å². The van der Waals surface area contributed by atoms with Crippen LogP contribution in [0.25, 0.3) is 0 Å². The number of nitrogens with one attached hydrogen (secondary N) is 1. The molecule has 20 heavy (non-hydrogen) atoms. The monoisotopic (exact) mass is 299 g/mol. The largest absolute Gasteiger partial charge is 0.480 e. The molecule has 0 aliphatic rings. The van der Waals surface area contributed by atoms with Crippen LogP contribution in [-0.2, 0) is 9.59 Å². The van der Waals surface area contributed by atoms with Crippen molar-refractivity contribution in [2.75, 3.05) is 12.0 Å². The summed E-state index contributed by atoms with van der Waals surface area (Å²) in [5, 5.41) is 11.6. The topological polar surface area (TPSA) is 66.4 Å². The molecule has 114 valence electrons. The molecule has 0 rings (SSSR count). The quantitative estimate of drug-likeness (QED) is 0.507. The van der Waals surface area contributed by atoms with E-state index in [9.17, 15) is 9.59 Å². The van der Waals surface area contributed by atoms with Gasteiger partial charge in [-0.2, -0.15) is 11.8 Å². The maximum atomic E-state index is 11.8. The summed E-state index contributed by atoms with van der Waals surface area (Å²) in [5.74, 6) is -0.600. The summed E-state index contributed by atoms with van der Waals surface area (Å²) in [6.45, 7) is 5.96. The second-order valence-electron chi connectivity index (χ2n) is 4.99. The number of carbonyl (C=O) groups is 2. The molecule has 1 amide bonds. The molecule has 0 saturated heterocycles. The predicted octanol–water partition coefficient (Wildman–Crippen LogP) is 3.00. The highest BCUT2D eigenvalue weighted by Gasteiger charge is 2.18. The van der Waals surface area contributed by atoms with Crippen molar-refractivity contribution in [1.82, 2.24) is 5.32 Å². The minimum absolute atomic E-state index is 0.326. The molecule has 2 N–H and O–H groups in total.